The molecule has 4 heteroatoms. The Hall–Kier alpha value is -1.51. The van der Waals surface area contributed by atoms with Gasteiger partial charge in [0.2, 0.25) is 6.41 Å². The van der Waals surface area contributed by atoms with Crippen LogP contribution < -0.4 is 5.32 Å². The van der Waals surface area contributed by atoms with E-state index < -0.39 is 0 Å². The van der Waals surface area contributed by atoms with Crippen LogP contribution in [0.2, 0.25) is 10.0 Å². The van der Waals surface area contributed by atoms with Crippen molar-refractivity contribution in [2.45, 2.75) is 6.04 Å². The zero-order valence-electron chi connectivity index (χ0n) is 9.44. The number of benzene rings is 2. The van der Waals surface area contributed by atoms with Crippen molar-refractivity contribution in [3.63, 3.8) is 0 Å². The monoisotopic (exact) mass is 279 g/mol. The molecule has 0 unspecified atom stereocenters. The molecule has 92 valence electrons. The maximum Gasteiger partial charge on any atom is 0.207 e. The molecule has 2 rings (SSSR count). The molecule has 0 fully saturated rings. The average molecular weight is 280 g/mol. The minimum Gasteiger partial charge on any atom is -0.348 e. The number of hydrogen-bond acceptors (Lipinski definition) is 1. The Labute approximate surface area is 116 Å². The lowest BCUT2D eigenvalue weighted by Crippen LogP contribution is -2.20. The second-order valence-electron chi connectivity index (χ2n) is 3.79. The van der Waals surface area contributed by atoms with Crippen LogP contribution in [0.5, 0.6) is 0 Å². The first-order valence-corrected chi connectivity index (χ1v) is 6.17. The average Bonchev–Trinajstić information content (AvgIpc) is 2.38. The summed E-state index contributed by atoms with van der Waals surface area (Å²) in [5, 5.41) is 4.04. The van der Waals surface area contributed by atoms with E-state index in [1.165, 1.54) is 0 Å². The van der Waals surface area contributed by atoms with Crippen LogP contribution in [0.1, 0.15) is 17.2 Å². The van der Waals surface area contributed by atoms with E-state index in [1.807, 2.05) is 30.3 Å². The number of amides is 1. The van der Waals surface area contributed by atoms with Crippen LogP contribution in [0.3, 0.4) is 0 Å². The second kappa shape index (κ2) is 5.89. The quantitative estimate of drug-likeness (QED) is 0.847. The highest BCUT2D eigenvalue weighted by atomic mass is 35.5. The molecule has 0 aliphatic carbocycles. The third-order valence-corrected chi connectivity index (χ3v) is 3.25. The predicted molar refractivity (Wildman–Crippen MR) is 73.9 cm³/mol. The Bertz CT molecular complexity index is 540. The van der Waals surface area contributed by atoms with Gasteiger partial charge in [0.25, 0.3) is 0 Å². The van der Waals surface area contributed by atoms with Gasteiger partial charge in [-0.05, 0) is 29.3 Å². The summed E-state index contributed by atoms with van der Waals surface area (Å²) >= 11 is 12.0. The molecule has 2 nitrogen and oxygen atoms in total. The fraction of sp³-hybridized carbons (Fsp3) is 0.0714. The van der Waals surface area contributed by atoms with E-state index in [0.717, 1.165) is 11.1 Å². The largest absolute Gasteiger partial charge is 0.348 e. The van der Waals surface area contributed by atoms with Crippen molar-refractivity contribution in [3.05, 3.63) is 69.7 Å². The van der Waals surface area contributed by atoms with E-state index in [4.69, 9.17) is 23.2 Å². The van der Waals surface area contributed by atoms with E-state index in [1.54, 1.807) is 18.2 Å². The van der Waals surface area contributed by atoms with Gasteiger partial charge < -0.3 is 5.32 Å². The molecule has 0 radical (unpaired) electrons. The van der Waals surface area contributed by atoms with Crippen LogP contribution in [0.15, 0.2) is 48.5 Å². The van der Waals surface area contributed by atoms with Gasteiger partial charge in [0.1, 0.15) is 0 Å². The molecule has 1 atom stereocenters. The molecule has 1 N–H and O–H groups in total. The number of carbonyl (C=O) groups is 1. The highest BCUT2D eigenvalue weighted by molar-refractivity contribution is 6.31. The Morgan fingerprint density at radius 3 is 2.28 bits per heavy atom. The van der Waals surface area contributed by atoms with Crippen LogP contribution in [-0.4, -0.2) is 6.41 Å². The van der Waals surface area contributed by atoms with Crippen LogP contribution >= 0.6 is 23.2 Å². The molecular weight excluding hydrogens is 269 g/mol. The minimum absolute atomic E-state index is 0.270. The number of carbonyl (C=O) groups excluding carboxylic acids is 1. The summed E-state index contributed by atoms with van der Waals surface area (Å²) in [7, 11) is 0. The summed E-state index contributed by atoms with van der Waals surface area (Å²) in [5.41, 5.74) is 1.79. The van der Waals surface area contributed by atoms with E-state index in [0.29, 0.717) is 16.5 Å². The topological polar surface area (TPSA) is 29.1 Å². The first-order valence-electron chi connectivity index (χ1n) is 5.42. The molecule has 0 aliphatic rings. The van der Waals surface area contributed by atoms with Crippen molar-refractivity contribution >= 4 is 29.6 Å². The Morgan fingerprint density at radius 2 is 1.67 bits per heavy atom. The zero-order chi connectivity index (χ0) is 13.0. The van der Waals surface area contributed by atoms with Crippen molar-refractivity contribution in [1.82, 2.24) is 5.32 Å². The lowest BCUT2D eigenvalue weighted by molar-refractivity contribution is -0.110. The summed E-state index contributed by atoms with van der Waals surface area (Å²) in [4.78, 5) is 10.8. The smallest absolute Gasteiger partial charge is 0.207 e. The first-order chi connectivity index (χ1) is 8.72. The van der Waals surface area contributed by atoms with Gasteiger partial charge in [-0.15, -0.1) is 0 Å². The van der Waals surface area contributed by atoms with Crippen LogP contribution in [0.4, 0.5) is 0 Å². The van der Waals surface area contributed by atoms with Gasteiger partial charge in [0, 0.05) is 10.0 Å². The number of nitrogens with one attached hydrogen (secondary N) is 1. The molecule has 2 aromatic rings. The lowest BCUT2D eigenvalue weighted by Gasteiger charge is -2.18. The molecule has 0 spiro atoms. The summed E-state index contributed by atoms with van der Waals surface area (Å²) in [6.07, 6.45) is 0.669. The van der Waals surface area contributed by atoms with Crippen molar-refractivity contribution < 1.29 is 4.79 Å². The first kappa shape index (κ1) is 12.9. The maximum absolute atomic E-state index is 10.8. The van der Waals surface area contributed by atoms with Crippen molar-refractivity contribution in [3.8, 4) is 0 Å². The SMILES string of the molecule is O=CN[C@H](c1ccc(Cl)cc1)c1ccccc1Cl. The van der Waals surface area contributed by atoms with E-state index >= 15 is 0 Å². The van der Waals surface area contributed by atoms with Gasteiger partial charge in [-0.2, -0.15) is 0 Å². The lowest BCUT2D eigenvalue weighted by atomic mass is 9.99. The van der Waals surface area contributed by atoms with E-state index in [-0.39, 0.29) is 6.04 Å². The number of rotatable bonds is 4. The highest BCUT2D eigenvalue weighted by Gasteiger charge is 2.15. The predicted octanol–water partition coefficient (Wildman–Crippen LogP) is 3.83. The zero-order valence-corrected chi connectivity index (χ0v) is 10.9. The third kappa shape index (κ3) is 2.84. The van der Waals surface area contributed by atoms with Crippen molar-refractivity contribution in [2.24, 2.45) is 0 Å². The van der Waals surface area contributed by atoms with Crippen LogP contribution in [0.25, 0.3) is 0 Å². The molecular formula is C14H11Cl2NO. The molecule has 0 heterocycles. The Kier molecular flexibility index (Phi) is 4.24. The molecule has 0 aromatic heterocycles. The van der Waals surface area contributed by atoms with Gasteiger partial charge in [-0.25, -0.2) is 0 Å². The van der Waals surface area contributed by atoms with E-state index in [9.17, 15) is 4.79 Å². The minimum atomic E-state index is -0.270. The molecule has 0 aliphatic heterocycles. The van der Waals surface area contributed by atoms with Gasteiger partial charge in [-0.1, -0.05) is 53.5 Å². The van der Waals surface area contributed by atoms with Gasteiger partial charge in [0.15, 0.2) is 0 Å². The fourth-order valence-electron chi connectivity index (χ4n) is 1.80. The fourth-order valence-corrected chi connectivity index (χ4v) is 2.17. The number of hydrogen-bond donors (Lipinski definition) is 1. The van der Waals surface area contributed by atoms with Crippen molar-refractivity contribution in [1.29, 1.82) is 0 Å². The molecule has 1 amide bonds. The van der Waals surface area contributed by atoms with Crippen LogP contribution in [-0.2, 0) is 4.79 Å². The summed E-state index contributed by atoms with van der Waals surface area (Å²) in [6.45, 7) is 0. The van der Waals surface area contributed by atoms with Gasteiger partial charge in [-0.3, -0.25) is 4.79 Å². The molecule has 0 saturated heterocycles. The summed E-state index contributed by atoms with van der Waals surface area (Å²) in [5.74, 6) is 0. The molecule has 0 bridgehead atoms. The number of halogens is 2. The summed E-state index contributed by atoms with van der Waals surface area (Å²) in [6, 6.07) is 14.5. The Morgan fingerprint density at radius 1 is 1.00 bits per heavy atom. The highest BCUT2D eigenvalue weighted by Crippen LogP contribution is 2.28. The molecule has 18 heavy (non-hydrogen) atoms. The second-order valence-corrected chi connectivity index (χ2v) is 4.63. The molecule has 0 saturated carbocycles. The normalized spacial score (nSPS) is 11.9. The van der Waals surface area contributed by atoms with E-state index in [2.05, 4.69) is 5.32 Å². The van der Waals surface area contributed by atoms with Crippen molar-refractivity contribution in [2.75, 3.05) is 0 Å². The summed E-state index contributed by atoms with van der Waals surface area (Å²) < 4.78 is 0. The standard InChI is InChI=1S/C14H11Cl2NO/c15-11-7-5-10(6-8-11)14(17-9-18)12-3-1-2-4-13(12)16/h1-9,14H,(H,17,18)/t14-/m1/s1. The Balaban J connectivity index is 2.43. The van der Waals surface area contributed by atoms with Crippen LogP contribution in [0, 0.1) is 0 Å². The maximum atomic E-state index is 10.8. The van der Waals surface area contributed by atoms with Gasteiger partial charge >= 0.3 is 0 Å². The molecule has 2 aromatic carbocycles. The van der Waals surface area contributed by atoms with Gasteiger partial charge in [0.05, 0.1) is 6.04 Å². The third-order valence-electron chi connectivity index (χ3n) is 2.65.